The summed E-state index contributed by atoms with van der Waals surface area (Å²) in [5.41, 5.74) is 4.58. The molecule has 1 saturated carbocycles. The molecule has 0 bridgehead atoms. The lowest BCUT2D eigenvalue weighted by atomic mass is 9.84. The number of amides is 1. The number of nitrogens with one attached hydrogen (secondary N) is 1. The van der Waals surface area contributed by atoms with Gasteiger partial charge in [-0.2, -0.15) is 5.26 Å². The van der Waals surface area contributed by atoms with Crippen LogP contribution < -0.4 is 10.2 Å². The minimum Gasteiger partial charge on any atom is -0.369 e. The Bertz CT molecular complexity index is 755. The number of hydrogen-bond acceptors (Lipinski definition) is 4. The molecule has 0 spiro atoms. The molecular formula is C25H36N4O. The summed E-state index contributed by atoms with van der Waals surface area (Å²) in [6.07, 6.45) is 11.0. The molecule has 1 amide bonds. The number of carbonyl (C=O) groups excluding carboxylic acids is 1. The summed E-state index contributed by atoms with van der Waals surface area (Å²) in [5.74, 6) is 0.672. The van der Waals surface area contributed by atoms with Gasteiger partial charge in [-0.25, -0.2) is 0 Å². The maximum Gasteiger partial charge on any atom is 0.234 e. The van der Waals surface area contributed by atoms with E-state index in [2.05, 4.69) is 33.3 Å². The van der Waals surface area contributed by atoms with Crippen LogP contribution in [0.1, 0.15) is 62.5 Å². The van der Waals surface area contributed by atoms with Crippen molar-refractivity contribution in [3.8, 4) is 6.07 Å². The summed E-state index contributed by atoms with van der Waals surface area (Å²) in [6.45, 7) is 5.80. The van der Waals surface area contributed by atoms with Crippen LogP contribution in [0.4, 0.5) is 5.69 Å². The Morgan fingerprint density at radius 1 is 1.03 bits per heavy atom. The fourth-order valence-corrected chi connectivity index (χ4v) is 5.46. The van der Waals surface area contributed by atoms with Crippen LogP contribution >= 0.6 is 0 Å². The lowest BCUT2D eigenvalue weighted by Gasteiger charge is -2.37. The minimum absolute atomic E-state index is 0.0165. The number of piperazine rings is 1. The zero-order valence-corrected chi connectivity index (χ0v) is 18.2. The first-order valence-corrected chi connectivity index (χ1v) is 12.0. The average molecular weight is 409 g/mol. The van der Waals surface area contributed by atoms with Gasteiger partial charge in [0.25, 0.3) is 0 Å². The third-order valence-electron chi connectivity index (χ3n) is 7.37. The van der Waals surface area contributed by atoms with Gasteiger partial charge in [0.15, 0.2) is 0 Å². The second kappa shape index (κ2) is 10.3. The Hall–Kier alpha value is -2.06. The van der Waals surface area contributed by atoms with Crippen LogP contribution in [0, 0.1) is 17.2 Å². The number of fused-ring (bicyclic) bond motifs is 1. The van der Waals surface area contributed by atoms with E-state index in [0.717, 1.165) is 44.9 Å². The third kappa shape index (κ3) is 5.55. The number of carbonyl (C=O) groups is 1. The first-order valence-electron chi connectivity index (χ1n) is 12.0. The van der Waals surface area contributed by atoms with Gasteiger partial charge in [0.1, 0.15) is 6.42 Å². The Labute approximate surface area is 181 Å². The average Bonchev–Trinajstić information content (AvgIpc) is 2.79. The van der Waals surface area contributed by atoms with E-state index in [1.54, 1.807) is 11.1 Å². The van der Waals surface area contributed by atoms with E-state index in [9.17, 15) is 4.79 Å². The molecule has 4 rings (SSSR count). The normalized spacial score (nSPS) is 24.7. The van der Waals surface area contributed by atoms with Crippen molar-refractivity contribution in [2.75, 3.05) is 37.6 Å². The molecule has 1 aromatic carbocycles. The molecule has 5 heteroatoms. The fraction of sp³-hybridized carbons (Fsp3) is 0.680. The molecule has 0 unspecified atom stereocenters. The van der Waals surface area contributed by atoms with Gasteiger partial charge in [-0.3, -0.25) is 9.69 Å². The first-order chi connectivity index (χ1) is 14.7. The van der Waals surface area contributed by atoms with Crippen molar-refractivity contribution in [3.63, 3.8) is 0 Å². The topological polar surface area (TPSA) is 59.4 Å². The van der Waals surface area contributed by atoms with E-state index >= 15 is 0 Å². The zero-order chi connectivity index (χ0) is 20.8. The van der Waals surface area contributed by atoms with Crippen molar-refractivity contribution < 1.29 is 4.79 Å². The van der Waals surface area contributed by atoms with Crippen LogP contribution in [0.15, 0.2) is 18.2 Å². The molecule has 30 heavy (non-hydrogen) atoms. The molecule has 0 atom stereocenters. The summed E-state index contributed by atoms with van der Waals surface area (Å²) < 4.78 is 0. The zero-order valence-electron chi connectivity index (χ0n) is 18.2. The fourth-order valence-electron chi connectivity index (χ4n) is 5.46. The van der Waals surface area contributed by atoms with E-state index in [1.807, 2.05) is 6.07 Å². The van der Waals surface area contributed by atoms with E-state index < -0.39 is 0 Å². The Balaban J connectivity index is 1.16. The van der Waals surface area contributed by atoms with Crippen molar-refractivity contribution in [1.82, 2.24) is 10.2 Å². The van der Waals surface area contributed by atoms with E-state index in [4.69, 9.17) is 5.26 Å². The van der Waals surface area contributed by atoms with Crippen LogP contribution in [0.25, 0.3) is 0 Å². The molecule has 1 aromatic rings. The van der Waals surface area contributed by atoms with Gasteiger partial charge in [0, 0.05) is 37.9 Å². The van der Waals surface area contributed by atoms with Gasteiger partial charge in [0.05, 0.1) is 6.07 Å². The lowest BCUT2D eigenvalue weighted by molar-refractivity contribution is -0.121. The lowest BCUT2D eigenvalue weighted by Crippen LogP contribution is -2.47. The van der Waals surface area contributed by atoms with E-state index in [-0.39, 0.29) is 18.4 Å². The highest BCUT2D eigenvalue weighted by molar-refractivity contribution is 5.78. The minimum atomic E-state index is -0.113. The van der Waals surface area contributed by atoms with Crippen LogP contribution in [0.3, 0.4) is 0 Å². The summed E-state index contributed by atoms with van der Waals surface area (Å²) >= 11 is 0. The molecule has 2 fully saturated rings. The number of aryl methyl sites for hydroxylation is 2. The predicted molar refractivity (Wildman–Crippen MR) is 120 cm³/mol. The van der Waals surface area contributed by atoms with Crippen LogP contribution in [0.5, 0.6) is 0 Å². The molecular weight excluding hydrogens is 372 g/mol. The van der Waals surface area contributed by atoms with E-state index in [1.165, 1.54) is 57.2 Å². The quantitative estimate of drug-likeness (QED) is 0.780. The van der Waals surface area contributed by atoms with E-state index in [0.29, 0.717) is 0 Å². The molecule has 0 radical (unpaired) electrons. The van der Waals surface area contributed by atoms with Gasteiger partial charge in [-0.15, -0.1) is 0 Å². The maximum absolute atomic E-state index is 11.6. The van der Waals surface area contributed by atoms with Crippen molar-refractivity contribution in [3.05, 3.63) is 29.3 Å². The van der Waals surface area contributed by atoms with Crippen LogP contribution in [0.2, 0.25) is 0 Å². The molecule has 1 aliphatic heterocycles. The van der Waals surface area contributed by atoms with Gasteiger partial charge >= 0.3 is 0 Å². The monoisotopic (exact) mass is 408 g/mol. The summed E-state index contributed by atoms with van der Waals surface area (Å²) in [4.78, 5) is 16.8. The number of hydrogen-bond donors (Lipinski definition) is 1. The van der Waals surface area contributed by atoms with Crippen molar-refractivity contribution in [2.24, 2.45) is 5.92 Å². The molecule has 2 aliphatic carbocycles. The van der Waals surface area contributed by atoms with Gasteiger partial charge in [0.2, 0.25) is 5.91 Å². The molecule has 3 aliphatic rings. The summed E-state index contributed by atoms with van der Waals surface area (Å²) in [6, 6.07) is 9.38. The molecule has 162 valence electrons. The Morgan fingerprint density at radius 3 is 2.50 bits per heavy atom. The SMILES string of the molecule is N#CCC(=O)NC1CCC(CCN2CCN(c3ccc4c(c3)CCCC4)CC2)CC1. The Kier molecular flexibility index (Phi) is 7.28. The second-order valence-electron chi connectivity index (χ2n) is 9.40. The van der Waals surface area contributed by atoms with Crippen LogP contribution in [-0.2, 0) is 17.6 Å². The highest BCUT2D eigenvalue weighted by Crippen LogP contribution is 2.29. The summed E-state index contributed by atoms with van der Waals surface area (Å²) in [7, 11) is 0. The smallest absolute Gasteiger partial charge is 0.234 e. The molecule has 1 N–H and O–H groups in total. The number of anilines is 1. The highest BCUT2D eigenvalue weighted by atomic mass is 16.1. The van der Waals surface area contributed by atoms with Crippen molar-refractivity contribution in [1.29, 1.82) is 5.26 Å². The summed E-state index contributed by atoms with van der Waals surface area (Å²) in [5, 5.41) is 11.6. The van der Waals surface area contributed by atoms with Crippen molar-refractivity contribution >= 4 is 11.6 Å². The second-order valence-corrected chi connectivity index (χ2v) is 9.40. The van der Waals surface area contributed by atoms with Crippen molar-refractivity contribution in [2.45, 2.75) is 70.3 Å². The Morgan fingerprint density at radius 2 is 1.77 bits per heavy atom. The van der Waals surface area contributed by atoms with Gasteiger partial charge in [-0.05, 0) is 93.5 Å². The molecule has 5 nitrogen and oxygen atoms in total. The highest BCUT2D eigenvalue weighted by Gasteiger charge is 2.24. The van der Waals surface area contributed by atoms with Gasteiger partial charge < -0.3 is 10.2 Å². The largest absolute Gasteiger partial charge is 0.369 e. The predicted octanol–water partition coefficient (Wildman–Crippen LogP) is 3.67. The maximum atomic E-state index is 11.6. The third-order valence-corrected chi connectivity index (χ3v) is 7.37. The molecule has 0 aromatic heterocycles. The number of nitriles is 1. The number of benzene rings is 1. The molecule has 1 heterocycles. The number of rotatable bonds is 6. The molecule has 1 saturated heterocycles. The standard InChI is InChI=1S/C25H36N4O/c26-13-11-25(30)27-23-8-5-20(6-9-23)12-14-28-15-17-29(18-16-28)24-10-7-21-3-1-2-4-22(21)19-24/h7,10,19-20,23H,1-6,8-9,11-12,14-18H2,(H,27,30). The first kappa shape index (κ1) is 21.2. The van der Waals surface area contributed by atoms with Gasteiger partial charge in [-0.1, -0.05) is 6.07 Å². The number of nitrogens with zero attached hydrogens (tertiary/aromatic N) is 3. The van der Waals surface area contributed by atoms with Crippen LogP contribution in [-0.4, -0.2) is 49.6 Å².